The molecule has 0 aliphatic carbocycles. The molecule has 210 valence electrons. The largest absolute Gasteiger partial charge is 0.494 e. The number of nitriles is 1. The second-order valence-corrected chi connectivity index (χ2v) is 9.80. The lowest BCUT2D eigenvalue weighted by Crippen LogP contribution is -2.46. The zero-order chi connectivity index (χ0) is 28.8. The number of carbonyl (C=O) groups excluding carboxylic acids is 3. The molecule has 2 amide bonds. The summed E-state index contributed by atoms with van der Waals surface area (Å²) in [4.78, 5) is 51.1. The van der Waals surface area contributed by atoms with Gasteiger partial charge in [-0.15, -0.1) is 0 Å². The third-order valence-corrected chi connectivity index (χ3v) is 7.24. The van der Waals surface area contributed by atoms with Gasteiger partial charge in [-0.2, -0.15) is 5.26 Å². The molecule has 0 N–H and O–H groups in total. The molecule has 1 saturated heterocycles. The molecule has 2 aliphatic heterocycles. The van der Waals surface area contributed by atoms with Gasteiger partial charge in [0.2, 0.25) is 5.88 Å². The van der Waals surface area contributed by atoms with Crippen molar-refractivity contribution in [2.45, 2.75) is 19.3 Å². The third kappa shape index (κ3) is 6.02. The Hall–Kier alpha value is -4.82. The molecule has 3 aromatic rings. The van der Waals surface area contributed by atoms with E-state index in [1.54, 1.807) is 30.5 Å². The summed E-state index contributed by atoms with van der Waals surface area (Å²) in [6, 6.07) is 13.4. The highest BCUT2D eigenvalue weighted by atomic mass is 16.5. The van der Waals surface area contributed by atoms with Crippen LogP contribution in [0.5, 0.6) is 11.6 Å². The lowest BCUT2D eigenvalue weighted by molar-refractivity contribution is 0.0924. The lowest BCUT2D eigenvalue weighted by atomic mass is 10.1. The monoisotopic (exact) mass is 554 g/mol. The minimum atomic E-state index is -0.492. The number of benzene rings is 1. The predicted molar refractivity (Wildman–Crippen MR) is 151 cm³/mol. The number of rotatable bonds is 11. The SMILES string of the molecule is COc1nc(C#N)ccc1N1C(=O)c2ccc(OCCCCCN3CCN(c4ccc(C=O)cn4)CC3)cc2C1=O. The number of aldehydes is 1. The Bertz CT molecular complexity index is 1480. The first kappa shape index (κ1) is 27.7. The molecule has 5 rings (SSSR count). The summed E-state index contributed by atoms with van der Waals surface area (Å²) >= 11 is 0. The third-order valence-electron chi connectivity index (χ3n) is 7.24. The predicted octanol–water partition coefficient (Wildman–Crippen LogP) is 3.34. The first-order valence-electron chi connectivity index (χ1n) is 13.5. The quantitative estimate of drug-likeness (QED) is 0.198. The summed E-state index contributed by atoms with van der Waals surface area (Å²) in [6.45, 7) is 5.27. The fourth-order valence-corrected chi connectivity index (χ4v) is 5.00. The fourth-order valence-electron chi connectivity index (χ4n) is 5.00. The van der Waals surface area contributed by atoms with Crippen molar-refractivity contribution in [3.8, 4) is 17.7 Å². The van der Waals surface area contributed by atoms with Crippen molar-refractivity contribution >= 4 is 29.6 Å². The number of nitrogens with zero attached hydrogens (tertiary/aromatic N) is 6. The van der Waals surface area contributed by atoms with Gasteiger partial charge in [-0.05, 0) is 68.3 Å². The Morgan fingerprint density at radius 1 is 0.976 bits per heavy atom. The maximum atomic E-state index is 13.2. The van der Waals surface area contributed by atoms with Crippen LogP contribution < -0.4 is 19.3 Å². The van der Waals surface area contributed by atoms with E-state index in [9.17, 15) is 14.4 Å². The number of hydrogen-bond donors (Lipinski definition) is 0. The maximum Gasteiger partial charge on any atom is 0.266 e. The van der Waals surface area contributed by atoms with Gasteiger partial charge in [0.15, 0.2) is 6.29 Å². The average molecular weight is 555 g/mol. The van der Waals surface area contributed by atoms with Crippen LogP contribution in [-0.4, -0.2) is 79.4 Å². The van der Waals surface area contributed by atoms with Crippen molar-refractivity contribution in [1.29, 1.82) is 5.26 Å². The number of carbonyl (C=O) groups is 3. The van der Waals surface area contributed by atoms with Crippen LogP contribution in [0.15, 0.2) is 48.7 Å². The molecule has 4 heterocycles. The molecule has 2 aliphatic rings. The lowest BCUT2D eigenvalue weighted by Gasteiger charge is -2.35. The van der Waals surface area contributed by atoms with Crippen LogP contribution in [0.3, 0.4) is 0 Å². The molecule has 1 fully saturated rings. The summed E-state index contributed by atoms with van der Waals surface area (Å²) in [6.07, 6.45) is 5.35. The fraction of sp³-hybridized carbons (Fsp3) is 0.333. The maximum absolute atomic E-state index is 13.2. The summed E-state index contributed by atoms with van der Waals surface area (Å²) < 4.78 is 11.1. The van der Waals surface area contributed by atoms with Gasteiger partial charge in [0.25, 0.3) is 11.8 Å². The standard InChI is InChI=1S/C30H30N6O5/c1-40-28-26(9-6-22(18-31)33-28)36-29(38)24-8-7-23(17-25(24)30(36)39)41-16-4-2-3-11-34-12-14-35(15-13-34)27-10-5-21(20-37)19-32-27/h5-10,17,19-20H,2-4,11-16H2,1H3. The number of methoxy groups -OCH3 is 1. The number of pyridine rings is 2. The van der Waals surface area contributed by atoms with Gasteiger partial charge in [-0.3, -0.25) is 19.3 Å². The molecule has 11 heteroatoms. The molecule has 0 radical (unpaired) electrons. The number of imide groups is 1. The van der Waals surface area contributed by atoms with Gasteiger partial charge in [0.1, 0.15) is 29.0 Å². The van der Waals surface area contributed by atoms with E-state index >= 15 is 0 Å². The number of ether oxygens (including phenoxy) is 2. The Kier molecular flexibility index (Phi) is 8.50. The molecule has 11 nitrogen and oxygen atoms in total. The highest BCUT2D eigenvalue weighted by molar-refractivity contribution is 6.34. The van der Waals surface area contributed by atoms with E-state index in [1.165, 1.54) is 19.2 Å². The molecular formula is C30H30N6O5. The number of aromatic nitrogens is 2. The van der Waals surface area contributed by atoms with E-state index < -0.39 is 11.8 Å². The second kappa shape index (κ2) is 12.6. The molecule has 0 bridgehead atoms. The van der Waals surface area contributed by atoms with Crippen molar-refractivity contribution in [1.82, 2.24) is 14.9 Å². The topological polar surface area (TPSA) is 129 Å². The van der Waals surface area contributed by atoms with Crippen molar-refractivity contribution < 1.29 is 23.9 Å². The van der Waals surface area contributed by atoms with Crippen molar-refractivity contribution in [3.63, 3.8) is 0 Å². The Morgan fingerprint density at radius 3 is 2.49 bits per heavy atom. The van der Waals surface area contributed by atoms with Gasteiger partial charge in [-0.1, -0.05) is 0 Å². The average Bonchev–Trinajstić information content (AvgIpc) is 3.27. The smallest absolute Gasteiger partial charge is 0.266 e. The molecule has 0 spiro atoms. The van der Waals surface area contributed by atoms with E-state index in [4.69, 9.17) is 14.7 Å². The van der Waals surface area contributed by atoms with Gasteiger partial charge in [0.05, 0.1) is 24.8 Å². The normalized spacial score (nSPS) is 15.0. The van der Waals surface area contributed by atoms with Crippen LogP contribution in [0.1, 0.15) is 56.0 Å². The highest BCUT2D eigenvalue weighted by Crippen LogP contribution is 2.35. The first-order valence-corrected chi connectivity index (χ1v) is 13.5. The summed E-state index contributed by atoms with van der Waals surface area (Å²) in [5.41, 5.74) is 1.43. The van der Waals surface area contributed by atoms with E-state index in [2.05, 4.69) is 19.8 Å². The van der Waals surface area contributed by atoms with Crippen molar-refractivity contribution in [2.75, 3.05) is 56.2 Å². The van der Waals surface area contributed by atoms with Gasteiger partial charge < -0.3 is 14.4 Å². The number of amides is 2. The summed E-state index contributed by atoms with van der Waals surface area (Å²) in [5.74, 6) is 0.494. The van der Waals surface area contributed by atoms with E-state index in [0.29, 0.717) is 17.9 Å². The number of unbranched alkanes of at least 4 members (excludes halogenated alkanes) is 2. The molecular weight excluding hydrogens is 524 g/mol. The zero-order valence-corrected chi connectivity index (χ0v) is 22.8. The zero-order valence-electron chi connectivity index (χ0n) is 22.8. The number of piperazine rings is 1. The molecule has 0 saturated carbocycles. The van der Waals surface area contributed by atoms with Gasteiger partial charge in [-0.25, -0.2) is 14.9 Å². The van der Waals surface area contributed by atoms with Crippen molar-refractivity contribution in [3.05, 3.63) is 71.0 Å². The van der Waals surface area contributed by atoms with Gasteiger partial charge in [0, 0.05) is 37.9 Å². The van der Waals surface area contributed by atoms with Crippen LogP contribution in [-0.2, 0) is 0 Å². The molecule has 0 unspecified atom stereocenters. The van der Waals surface area contributed by atoms with Crippen LogP contribution >= 0.6 is 0 Å². The van der Waals surface area contributed by atoms with Gasteiger partial charge >= 0.3 is 0 Å². The van der Waals surface area contributed by atoms with E-state index in [0.717, 1.165) is 69.0 Å². The Labute approximate surface area is 237 Å². The van der Waals surface area contributed by atoms with Crippen LogP contribution in [0.2, 0.25) is 0 Å². The number of hydrogen-bond acceptors (Lipinski definition) is 10. The Balaban J connectivity index is 1.06. The summed E-state index contributed by atoms with van der Waals surface area (Å²) in [5, 5.41) is 9.08. The first-order chi connectivity index (χ1) is 20.0. The van der Waals surface area contributed by atoms with E-state index in [1.807, 2.05) is 12.1 Å². The second-order valence-electron chi connectivity index (χ2n) is 9.80. The molecule has 0 atom stereocenters. The van der Waals surface area contributed by atoms with E-state index in [-0.39, 0.29) is 28.4 Å². The van der Waals surface area contributed by atoms with Crippen LogP contribution in [0.4, 0.5) is 11.5 Å². The molecule has 1 aromatic carbocycles. The Morgan fingerprint density at radius 2 is 1.78 bits per heavy atom. The van der Waals surface area contributed by atoms with Crippen LogP contribution in [0.25, 0.3) is 0 Å². The minimum absolute atomic E-state index is 0.0271. The number of anilines is 2. The highest BCUT2D eigenvalue weighted by Gasteiger charge is 2.39. The summed E-state index contributed by atoms with van der Waals surface area (Å²) in [7, 11) is 1.37. The molecule has 41 heavy (non-hydrogen) atoms. The van der Waals surface area contributed by atoms with Crippen molar-refractivity contribution in [2.24, 2.45) is 0 Å². The van der Waals surface area contributed by atoms with Crippen LogP contribution in [0, 0.1) is 11.3 Å². The molecule has 2 aromatic heterocycles. The minimum Gasteiger partial charge on any atom is -0.494 e. The number of fused-ring (bicyclic) bond motifs is 1.